The minimum atomic E-state index is -1.02. The molecule has 0 fully saturated rings. The van der Waals surface area contributed by atoms with E-state index in [4.69, 9.17) is 33.5 Å². The van der Waals surface area contributed by atoms with Crippen LogP contribution in [0.5, 0.6) is 0 Å². The molecule has 0 N–H and O–H groups in total. The van der Waals surface area contributed by atoms with Crippen molar-refractivity contribution in [3.05, 3.63) is 151 Å². The number of benzene rings is 7. The van der Waals surface area contributed by atoms with Gasteiger partial charge in [-0.2, -0.15) is 0 Å². The van der Waals surface area contributed by atoms with Crippen LogP contribution in [0.1, 0.15) is 34.3 Å². The van der Waals surface area contributed by atoms with Gasteiger partial charge in [0.05, 0.1) is 34.3 Å². The van der Waals surface area contributed by atoms with E-state index in [1.807, 2.05) is 0 Å². The Morgan fingerprint density at radius 1 is 0.354 bits per heavy atom. The van der Waals surface area contributed by atoms with Gasteiger partial charge in [0.1, 0.15) is 22.3 Å². The van der Waals surface area contributed by atoms with Gasteiger partial charge in [0.25, 0.3) is 0 Å². The lowest BCUT2D eigenvalue weighted by Crippen LogP contribution is -2.01. The van der Waals surface area contributed by atoms with Gasteiger partial charge in [0, 0.05) is 38.2 Å². The first-order valence-corrected chi connectivity index (χ1v) is 13.9. The smallest absolute Gasteiger partial charge is 0.164 e. The highest BCUT2D eigenvalue weighted by Crippen LogP contribution is 2.39. The van der Waals surface area contributed by atoms with Gasteiger partial charge in [-0.1, -0.05) is 115 Å². The zero-order chi connectivity index (χ0) is 53.4. The predicted molar refractivity (Wildman–Crippen MR) is 194 cm³/mol. The van der Waals surface area contributed by atoms with E-state index in [0.29, 0.717) is 0 Å². The molecule has 0 spiro atoms. The quantitative estimate of drug-likeness (QED) is 0.191. The van der Waals surface area contributed by atoms with Gasteiger partial charge >= 0.3 is 0 Å². The normalized spacial score (nSPS) is 19.0. The van der Waals surface area contributed by atoms with Gasteiger partial charge in [-0.25, -0.2) is 15.0 Å². The maximum absolute atomic E-state index is 9.54. The summed E-state index contributed by atoms with van der Waals surface area (Å²) in [6.45, 7) is 0. The van der Waals surface area contributed by atoms with Gasteiger partial charge in [0.15, 0.2) is 17.5 Å². The van der Waals surface area contributed by atoms with E-state index in [9.17, 15) is 9.60 Å². The molecule has 0 bridgehead atoms. The van der Waals surface area contributed by atoms with E-state index in [1.54, 1.807) is 0 Å². The molecule has 0 atom stereocenters. The highest BCUT2D eigenvalue weighted by molar-refractivity contribution is 6.12. The number of fused-ring (bicyclic) bond motifs is 7. The van der Waals surface area contributed by atoms with Crippen LogP contribution in [0.2, 0.25) is 0 Å². The minimum absolute atomic E-state index is 0.352. The molecule has 0 saturated heterocycles. The fourth-order valence-electron chi connectivity index (χ4n) is 5.32. The molecule has 0 saturated carbocycles. The molecule has 224 valence electrons. The van der Waals surface area contributed by atoms with Crippen LogP contribution in [0.4, 0.5) is 0 Å². The van der Waals surface area contributed by atoms with Gasteiger partial charge in [-0.05, 0) is 58.2 Å². The number of aromatic nitrogens is 3. The van der Waals surface area contributed by atoms with Gasteiger partial charge in [-0.3, -0.25) is 0 Å². The summed E-state index contributed by atoms with van der Waals surface area (Å²) in [6.07, 6.45) is 0. The molecule has 7 aromatic carbocycles. The molecule has 10 rings (SSSR count). The number of furan rings is 2. The fourth-order valence-corrected chi connectivity index (χ4v) is 5.32. The first-order chi connectivity index (χ1) is 34.2. The molecule has 0 aliphatic rings. The molecule has 0 unspecified atom stereocenters. The summed E-state index contributed by atoms with van der Waals surface area (Å²) in [7, 11) is 0. The van der Waals surface area contributed by atoms with Crippen LogP contribution in [0.15, 0.2) is 160 Å². The highest BCUT2D eigenvalue weighted by Gasteiger charge is 2.20. The fraction of sp³-hybridized carbons (Fsp3) is 0. The van der Waals surface area contributed by atoms with Crippen molar-refractivity contribution < 1.29 is 43.1 Å². The number of nitrogens with zero attached hydrogens (tertiary/aromatic N) is 3. The van der Waals surface area contributed by atoms with Crippen LogP contribution in [0, 0.1) is 0 Å². The lowest BCUT2D eigenvalue weighted by atomic mass is 9.94. The van der Waals surface area contributed by atoms with Crippen molar-refractivity contribution >= 4 is 54.6 Å². The summed E-state index contributed by atoms with van der Waals surface area (Å²) < 4.78 is 231. The van der Waals surface area contributed by atoms with E-state index in [2.05, 4.69) is 15.0 Å². The van der Waals surface area contributed by atoms with E-state index < -0.39 is 246 Å². The molecule has 0 amide bonds. The average molecular weight is 641 g/mol. The maximum atomic E-state index is 9.54. The Morgan fingerprint density at radius 3 is 1.73 bits per heavy atom. The van der Waals surface area contributed by atoms with Crippen molar-refractivity contribution in [3.8, 4) is 45.3 Å². The van der Waals surface area contributed by atoms with Crippen molar-refractivity contribution in [1.82, 2.24) is 15.0 Å². The summed E-state index contributed by atoms with van der Waals surface area (Å²) in [6, 6.07) is -21.1. The number of hydrogen-bond acceptors (Lipinski definition) is 5. The van der Waals surface area contributed by atoms with Gasteiger partial charge in [0.2, 0.25) is 0 Å². The molecule has 0 aliphatic heterocycles. The lowest BCUT2D eigenvalue weighted by Gasteiger charge is -2.13. The molecule has 0 radical (unpaired) electrons. The standard InChI is InChI=1S/C43H25N3O2/c1-2-11-26(12-3-1)28-23-24-33(30-14-5-4-13-29(28)30)42-44-41(27-21-22-32-31-15-6-8-18-36(31)48-39(32)25-27)45-43(46-42)35-17-10-20-38-40(35)34-16-7-9-19-37(34)47-38/h1-25H/i1D,2D,3D,4D,5D,6D,7D,8D,9D,10D,11D,12D,13D,14D,15D,16D,17D,18D,19D,20D,21D,22D,23D,24D,25D. The first kappa shape index (κ1) is 11.9. The van der Waals surface area contributed by atoms with Crippen LogP contribution >= 0.6 is 0 Å². The lowest BCUT2D eigenvalue weighted by molar-refractivity contribution is 0.668. The molecular weight excluding hydrogens is 590 g/mol. The van der Waals surface area contributed by atoms with Crippen molar-refractivity contribution in [2.75, 3.05) is 0 Å². The number of para-hydroxylation sites is 2. The van der Waals surface area contributed by atoms with E-state index >= 15 is 0 Å². The second kappa shape index (κ2) is 10.5. The molecule has 48 heavy (non-hydrogen) atoms. The molecule has 3 heterocycles. The van der Waals surface area contributed by atoms with Crippen molar-refractivity contribution in [3.63, 3.8) is 0 Å². The van der Waals surface area contributed by atoms with Crippen molar-refractivity contribution in [1.29, 1.82) is 0 Å². The molecule has 3 aromatic heterocycles. The Kier molecular flexibility index (Phi) is 2.59. The van der Waals surface area contributed by atoms with Gasteiger partial charge in [-0.15, -0.1) is 0 Å². The third-order valence-corrected chi connectivity index (χ3v) is 7.39. The Morgan fingerprint density at radius 2 is 0.917 bits per heavy atom. The second-order valence-corrected chi connectivity index (χ2v) is 10.1. The molecular formula is C43H25N3O2. The topological polar surface area (TPSA) is 65.0 Å². The van der Waals surface area contributed by atoms with Crippen LogP contribution in [0.3, 0.4) is 0 Å². The Hall–Kier alpha value is -6.59. The zero-order valence-electron chi connectivity index (χ0n) is 48.7. The summed E-state index contributed by atoms with van der Waals surface area (Å²) in [4.78, 5) is 13.5. The van der Waals surface area contributed by atoms with Gasteiger partial charge < -0.3 is 8.83 Å². The zero-order valence-corrected chi connectivity index (χ0v) is 23.7. The number of rotatable bonds is 4. The summed E-state index contributed by atoms with van der Waals surface area (Å²) in [5, 5.41) is -2.98. The first-order valence-electron chi connectivity index (χ1n) is 26.4. The largest absolute Gasteiger partial charge is 0.456 e. The summed E-state index contributed by atoms with van der Waals surface area (Å²) >= 11 is 0. The third-order valence-electron chi connectivity index (χ3n) is 7.39. The van der Waals surface area contributed by atoms with Crippen LogP contribution in [-0.2, 0) is 0 Å². The molecule has 10 aromatic rings. The third kappa shape index (κ3) is 4.15. The number of hydrogen-bond donors (Lipinski definition) is 0. The summed E-state index contributed by atoms with van der Waals surface area (Å²) in [5.41, 5.74) is -5.69. The maximum Gasteiger partial charge on any atom is 0.164 e. The van der Waals surface area contributed by atoms with Crippen molar-refractivity contribution in [2.24, 2.45) is 0 Å². The minimum Gasteiger partial charge on any atom is -0.456 e. The average Bonchev–Trinajstić information content (AvgIpc) is 3.97. The predicted octanol–water partition coefficient (Wildman–Crippen LogP) is 11.5. The van der Waals surface area contributed by atoms with E-state index in [1.165, 1.54) is 0 Å². The Bertz CT molecular complexity index is 4250. The van der Waals surface area contributed by atoms with Crippen LogP contribution in [0.25, 0.3) is 99.9 Å². The Balaban J connectivity index is 1.44. The SMILES string of the molecule is [2H]c1c([2H])c([2H])c(-c2c([2H])c([2H])c(-c3nc(-c4c([2H])c([2H])c5c(oc6c([2H])c([2H])c([2H])c([2H])c65)c4[2H])nc(-c4c([2H])c([2H])c([2H])c5oc6c([2H])c([2H])c([2H])c([2H])c6c45)n3)c3c([2H])c([2H])c([2H])c([2H])c23)c([2H])c1[2H]. The van der Waals surface area contributed by atoms with Crippen LogP contribution in [-0.4, -0.2) is 15.0 Å². The van der Waals surface area contributed by atoms with Crippen molar-refractivity contribution in [2.45, 2.75) is 0 Å². The second-order valence-electron chi connectivity index (χ2n) is 10.1. The molecule has 0 aliphatic carbocycles. The molecule has 5 nitrogen and oxygen atoms in total. The molecule has 5 heteroatoms. The summed E-state index contributed by atoms with van der Waals surface area (Å²) in [5.74, 6) is -2.49. The van der Waals surface area contributed by atoms with E-state index in [0.717, 1.165) is 0 Å². The Labute approximate surface area is 309 Å². The highest BCUT2D eigenvalue weighted by atomic mass is 16.3. The van der Waals surface area contributed by atoms with E-state index in [-0.39, 0.29) is 5.39 Å². The van der Waals surface area contributed by atoms with Crippen LogP contribution < -0.4 is 0 Å². The monoisotopic (exact) mass is 640 g/mol.